The Balaban J connectivity index is 1.52. The van der Waals surface area contributed by atoms with Crippen LogP contribution < -0.4 is 15.8 Å². The molecule has 8 nitrogen and oxygen atoms in total. The number of thioether (sulfide) groups is 1. The smallest absolute Gasteiger partial charge is 0.236 e. The number of benzene rings is 1. The second-order valence-electron chi connectivity index (χ2n) is 8.03. The van der Waals surface area contributed by atoms with Crippen LogP contribution in [0.3, 0.4) is 0 Å². The van der Waals surface area contributed by atoms with Crippen LogP contribution in [0.4, 0.5) is 5.95 Å². The molecule has 0 aliphatic rings. The molecule has 0 bridgehead atoms. The number of hydrogen-bond donors (Lipinski definition) is 2. The molecule has 1 unspecified atom stereocenters. The van der Waals surface area contributed by atoms with Crippen molar-refractivity contribution in [2.24, 2.45) is 5.41 Å². The lowest BCUT2D eigenvalue weighted by atomic mass is 9.88. The molecule has 1 aromatic carbocycles. The van der Waals surface area contributed by atoms with Crippen LogP contribution in [0.2, 0.25) is 0 Å². The number of nitrogen functional groups attached to an aromatic ring is 1. The van der Waals surface area contributed by atoms with Gasteiger partial charge in [-0.3, -0.25) is 0 Å². The number of anilines is 1. The predicted molar refractivity (Wildman–Crippen MR) is 123 cm³/mol. The maximum absolute atomic E-state index is 5.92. The monoisotopic (exact) mass is 447 g/mol. The van der Waals surface area contributed by atoms with Crippen molar-refractivity contribution in [1.29, 1.82) is 0 Å². The minimum absolute atomic E-state index is 0.262. The average molecular weight is 448 g/mol. The summed E-state index contributed by atoms with van der Waals surface area (Å²) in [6.07, 6.45) is 2.86. The molecular formula is C20H29N7OS2. The fourth-order valence-corrected chi connectivity index (χ4v) is 3.69. The van der Waals surface area contributed by atoms with E-state index in [0.717, 1.165) is 29.3 Å². The van der Waals surface area contributed by atoms with E-state index in [-0.39, 0.29) is 5.41 Å². The lowest BCUT2D eigenvalue weighted by molar-refractivity contribution is 0.266. The van der Waals surface area contributed by atoms with E-state index in [1.165, 1.54) is 27.8 Å². The molecule has 10 heteroatoms. The molecule has 0 fully saturated rings. The highest BCUT2D eigenvalue weighted by Gasteiger charge is 2.18. The lowest BCUT2D eigenvalue weighted by Gasteiger charge is -2.28. The highest BCUT2D eigenvalue weighted by atomic mass is 32.2. The molecule has 2 heterocycles. The molecule has 3 aromatic rings. The zero-order valence-electron chi connectivity index (χ0n) is 18.0. The van der Waals surface area contributed by atoms with Gasteiger partial charge in [0.15, 0.2) is 0 Å². The number of hydrogen-bond acceptors (Lipinski definition) is 9. The summed E-state index contributed by atoms with van der Waals surface area (Å²) >= 11 is 2.84. The number of aromatic nitrogens is 5. The van der Waals surface area contributed by atoms with Crippen LogP contribution in [-0.4, -0.2) is 50.4 Å². The average Bonchev–Trinajstić information content (AvgIpc) is 3.33. The van der Waals surface area contributed by atoms with Crippen molar-refractivity contribution >= 4 is 29.0 Å². The summed E-state index contributed by atoms with van der Waals surface area (Å²) in [7, 11) is 0. The van der Waals surface area contributed by atoms with Gasteiger partial charge in [-0.1, -0.05) is 43.9 Å². The third-order valence-electron chi connectivity index (χ3n) is 4.83. The Morgan fingerprint density at radius 1 is 1.23 bits per heavy atom. The van der Waals surface area contributed by atoms with Gasteiger partial charge in [0.1, 0.15) is 10.8 Å². The summed E-state index contributed by atoms with van der Waals surface area (Å²) < 4.78 is 7.37. The van der Waals surface area contributed by atoms with E-state index in [9.17, 15) is 0 Å². The van der Waals surface area contributed by atoms with E-state index in [4.69, 9.17) is 10.5 Å². The number of nitrogens with two attached hydrogens (primary N) is 1. The van der Waals surface area contributed by atoms with Gasteiger partial charge in [0.2, 0.25) is 16.2 Å². The molecule has 0 saturated heterocycles. The van der Waals surface area contributed by atoms with E-state index < -0.39 is 0 Å². The topological polar surface area (TPSA) is 104 Å². The molecule has 0 aliphatic carbocycles. The summed E-state index contributed by atoms with van der Waals surface area (Å²) in [5, 5.41) is 18.3. The first-order chi connectivity index (χ1) is 14.3. The van der Waals surface area contributed by atoms with Gasteiger partial charge in [-0.15, -0.1) is 15.3 Å². The first-order valence-electron chi connectivity index (χ1n) is 9.85. The number of nitrogens with one attached hydrogen (secondary N) is 1. The van der Waals surface area contributed by atoms with Gasteiger partial charge in [-0.2, -0.15) is 9.67 Å². The largest absolute Gasteiger partial charge is 0.494 e. The molecule has 3 rings (SSSR count). The van der Waals surface area contributed by atoms with Crippen LogP contribution in [0.1, 0.15) is 34.1 Å². The maximum atomic E-state index is 5.92. The summed E-state index contributed by atoms with van der Waals surface area (Å²) in [4.78, 5) is 4.17. The van der Waals surface area contributed by atoms with E-state index in [2.05, 4.69) is 53.3 Å². The second kappa shape index (κ2) is 9.76. The van der Waals surface area contributed by atoms with E-state index in [0.29, 0.717) is 28.9 Å². The summed E-state index contributed by atoms with van der Waals surface area (Å²) in [6, 6.07) is 8.35. The van der Waals surface area contributed by atoms with Crippen LogP contribution in [0.15, 0.2) is 29.4 Å². The van der Waals surface area contributed by atoms with Gasteiger partial charge >= 0.3 is 0 Å². The summed E-state index contributed by atoms with van der Waals surface area (Å²) in [5.74, 6) is 1.15. The Kier molecular flexibility index (Phi) is 7.32. The highest BCUT2D eigenvalue weighted by molar-refractivity contribution is 7.98. The normalized spacial score (nSPS) is 12.8. The third-order valence-corrected chi connectivity index (χ3v) is 6.32. The van der Waals surface area contributed by atoms with E-state index >= 15 is 0 Å². The first-order valence-corrected chi connectivity index (χ1v) is 11.9. The molecule has 0 spiro atoms. The molecule has 0 saturated carbocycles. The van der Waals surface area contributed by atoms with E-state index in [1.54, 1.807) is 0 Å². The van der Waals surface area contributed by atoms with Crippen LogP contribution in [0.5, 0.6) is 5.75 Å². The van der Waals surface area contributed by atoms with Gasteiger partial charge in [-0.05, 0) is 55.8 Å². The van der Waals surface area contributed by atoms with Crippen molar-refractivity contribution in [2.75, 3.05) is 25.1 Å². The van der Waals surface area contributed by atoms with Gasteiger partial charge in [0.05, 0.1) is 6.61 Å². The van der Waals surface area contributed by atoms with Crippen LogP contribution >= 0.6 is 23.1 Å². The molecule has 3 N–H and O–H groups in total. The Hall–Kier alpha value is -2.17. The minimum Gasteiger partial charge on any atom is -0.494 e. The number of rotatable bonds is 9. The standard InChI is InChI=1S/C20H29N7OS2/c1-13(20(2,3)4)22-11-6-12-28-15-9-7-14(8-10-15)16-24-25-19(30-16)27-17(21)23-18(26-27)29-5/h7-10,13,22H,6,11-12H2,1-5H3,(H2,21,23,26). The quantitative estimate of drug-likeness (QED) is 0.376. The van der Waals surface area contributed by atoms with Crippen molar-refractivity contribution in [3.63, 3.8) is 0 Å². The predicted octanol–water partition coefficient (Wildman–Crippen LogP) is 3.88. The third kappa shape index (κ3) is 5.71. The van der Waals surface area contributed by atoms with Crippen molar-refractivity contribution in [1.82, 2.24) is 30.3 Å². The maximum Gasteiger partial charge on any atom is 0.236 e. The van der Waals surface area contributed by atoms with Crippen LogP contribution in [0.25, 0.3) is 15.7 Å². The van der Waals surface area contributed by atoms with Crippen molar-refractivity contribution in [2.45, 2.75) is 45.3 Å². The SMILES string of the molecule is CSc1nc(N)n(-c2nnc(-c3ccc(OCCCNC(C)C(C)(C)C)cc3)s2)n1. The Morgan fingerprint density at radius 3 is 2.60 bits per heavy atom. The number of nitrogens with zero attached hydrogens (tertiary/aromatic N) is 5. The lowest BCUT2D eigenvalue weighted by Crippen LogP contribution is -2.38. The van der Waals surface area contributed by atoms with Crippen molar-refractivity contribution < 1.29 is 4.74 Å². The fourth-order valence-electron chi connectivity index (χ4n) is 2.53. The number of ether oxygens (including phenoxy) is 1. The molecule has 0 radical (unpaired) electrons. The molecule has 30 heavy (non-hydrogen) atoms. The molecule has 0 amide bonds. The van der Waals surface area contributed by atoms with Crippen LogP contribution in [-0.2, 0) is 0 Å². The van der Waals surface area contributed by atoms with Crippen molar-refractivity contribution in [3.8, 4) is 21.5 Å². The summed E-state index contributed by atoms with van der Waals surface area (Å²) in [5.41, 5.74) is 7.15. The molecule has 2 aromatic heterocycles. The first kappa shape index (κ1) is 22.5. The molecule has 1 atom stereocenters. The zero-order valence-corrected chi connectivity index (χ0v) is 19.7. The van der Waals surface area contributed by atoms with E-state index in [1.807, 2.05) is 30.5 Å². The molecule has 162 valence electrons. The Bertz CT molecular complexity index is 947. The van der Waals surface area contributed by atoms with Gasteiger partial charge < -0.3 is 15.8 Å². The van der Waals surface area contributed by atoms with Crippen molar-refractivity contribution in [3.05, 3.63) is 24.3 Å². The van der Waals surface area contributed by atoms with Gasteiger partial charge in [0, 0.05) is 11.6 Å². The fraction of sp³-hybridized carbons (Fsp3) is 0.500. The highest BCUT2D eigenvalue weighted by Crippen LogP contribution is 2.28. The Morgan fingerprint density at radius 2 is 1.97 bits per heavy atom. The summed E-state index contributed by atoms with van der Waals surface area (Å²) in [6.45, 7) is 10.6. The van der Waals surface area contributed by atoms with Gasteiger partial charge in [0.25, 0.3) is 0 Å². The Labute approximate surface area is 185 Å². The zero-order chi connectivity index (χ0) is 21.7. The minimum atomic E-state index is 0.262. The molecular weight excluding hydrogens is 418 g/mol. The van der Waals surface area contributed by atoms with Gasteiger partial charge in [-0.25, -0.2) is 0 Å². The van der Waals surface area contributed by atoms with Crippen LogP contribution in [0, 0.1) is 5.41 Å². The second-order valence-corrected chi connectivity index (χ2v) is 9.76. The molecule has 0 aliphatic heterocycles.